The fourth-order valence-electron chi connectivity index (χ4n) is 2.68. The van der Waals surface area contributed by atoms with E-state index in [1.54, 1.807) is 14.0 Å². The first-order chi connectivity index (χ1) is 12.6. The summed E-state index contributed by atoms with van der Waals surface area (Å²) in [4.78, 5) is 20.2. The zero-order valence-electron chi connectivity index (χ0n) is 14.5. The Balaban J connectivity index is 2.31. The number of methoxy groups -OCH3 is 1. The molecule has 0 unspecified atom stereocenters. The predicted octanol–water partition coefficient (Wildman–Crippen LogP) is 4.66. The first-order valence-electron chi connectivity index (χ1n) is 8.15. The summed E-state index contributed by atoms with van der Waals surface area (Å²) in [5, 5.41) is 0. The summed E-state index contributed by atoms with van der Waals surface area (Å²) in [6.07, 6.45) is 0. The molecule has 1 heterocycles. The second-order valence-electron chi connectivity index (χ2n) is 5.46. The monoisotopic (exact) mass is 366 g/mol. The van der Waals surface area contributed by atoms with E-state index in [0.29, 0.717) is 22.7 Å². The van der Waals surface area contributed by atoms with Gasteiger partial charge in [0.1, 0.15) is 11.3 Å². The average molecular weight is 366 g/mol. The first-order valence-corrected chi connectivity index (χ1v) is 8.56. The molecule has 0 saturated carbocycles. The van der Waals surface area contributed by atoms with Crippen LogP contribution in [0.1, 0.15) is 17.3 Å². The Labute approximate surface area is 156 Å². The maximum Gasteiger partial charge on any atom is 0.342 e. The van der Waals surface area contributed by atoms with Crippen LogP contribution in [0.2, 0.25) is 0 Å². The fraction of sp³-hybridized carbons (Fsp3) is 0.150. The highest BCUT2D eigenvalue weighted by atomic mass is 32.1. The third-order valence-electron chi connectivity index (χ3n) is 3.82. The Morgan fingerprint density at radius 2 is 1.85 bits per heavy atom. The molecule has 2 aromatic carbocycles. The molecular weight excluding hydrogens is 348 g/mol. The SMILES string of the molecule is CCOC(=O)c1c(-c2cccc(OC)c2)nc(=S)[nH]c1-c1ccccc1. The zero-order chi connectivity index (χ0) is 18.5. The summed E-state index contributed by atoms with van der Waals surface area (Å²) in [5.41, 5.74) is 2.95. The molecule has 0 bridgehead atoms. The van der Waals surface area contributed by atoms with Gasteiger partial charge in [-0.2, -0.15) is 0 Å². The van der Waals surface area contributed by atoms with Crippen LogP contribution in [0.15, 0.2) is 54.6 Å². The number of aromatic amines is 1. The van der Waals surface area contributed by atoms with E-state index < -0.39 is 5.97 Å². The highest BCUT2D eigenvalue weighted by Crippen LogP contribution is 2.31. The topological polar surface area (TPSA) is 64.2 Å². The van der Waals surface area contributed by atoms with Crippen LogP contribution in [0.5, 0.6) is 5.75 Å². The van der Waals surface area contributed by atoms with Crippen molar-refractivity contribution >= 4 is 18.2 Å². The van der Waals surface area contributed by atoms with Crippen LogP contribution >= 0.6 is 12.2 Å². The van der Waals surface area contributed by atoms with E-state index >= 15 is 0 Å². The quantitative estimate of drug-likeness (QED) is 0.526. The van der Waals surface area contributed by atoms with Crippen molar-refractivity contribution in [2.24, 2.45) is 0 Å². The van der Waals surface area contributed by atoms with Gasteiger partial charge in [-0.05, 0) is 36.8 Å². The van der Waals surface area contributed by atoms with Crippen LogP contribution in [0.3, 0.4) is 0 Å². The minimum atomic E-state index is -0.456. The van der Waals surface area contributed by atoms with E-state index in [9.17, 15) is 4.79 Å². The molecule has 0 atom stereocenters. The van der Waals surface area contributed by atoms with Crippen LogP contribution in [-0.2, 0) is 4.74 Å². The lowest BCUT2D eigenvalue weighted by Crippen LogP contribution is -2.11. The molecule has 26 heavy (non-hydrogen) atoms. The van der Waals surface area contributed by atoms with Gasteiger partial charge in [0.2, 0.25) is 0 Å². The molecule has 132 valence electrons. The number of rotatable bonds is 5. The molecule has 1 N–H and O–H groups in total. The summed E-state index contributed by atoms with van der Waals surface area (Å²) >= 11 is 5.31. The normalized spacial score (nSPS) is 10.4. The number of hydrogen-bond acceptors (Lipinski definition) is 5. The van der Waals surface area contributed by atoms with Gasteiger partial charge < -0.3 is 14.5 Å². The van der Waals surface area contributed by atoms with Crippen molar-refractivity contribution in [1.82, 2.24) is 9.97 Å². The van der Waals surface area contributed by atoms with Gasteiger partial charge in [0.25, 0.3) is 0 Å². The molecule has 3 aromatic rings. The highest BCUT2D eigenvalue weighted by molar-refractivity contribution is 7.71. The summed E-state index contributed by atoms with van der Waals surface area (Å²) < 4.78 is 10.9. The maximum absolute atomic E-state index is 12.8. The Kier molecular flexibility index (Phi) is 5.43. The van der Waals surface area contributed by atoms with E-state index in [2.05, 4.69) is 9.97 Å². The molecule has 5 nitrogen and oxygen atoms in total. The minimum Gasteiger partial charge on any atom is -0.497 e. The molecule has 0 fully saturated rings. The molecule has 0 saturated heterocycles. The lowest BCUT2D eigenvalue weighted by Gasteiger charge is -2.14. The summed E-state index contributed by atoms with van der Waals surface area (Å²) in [6, 6.07) is 16.8. The molecule has 3 rings (SSSR count). The number of carbonyl (C=O) groups is 1. The van der Waals surface area contributed by atoms with Crippen molar-refractivity contribution in [1.29, 1.82) is 0 Å². The number of nitrogens with zero attached hydrogens (tertiary/aromatic N) is 1. The molecule has 0 aliphatic carbocycles. The standard InChI is InChI=1S/C20H18N2O3S/c1-3-25-19(23)16-17(13-8-5-4-6-9-13)21-20(26)22-18(16)14-10-7-11-15(12-14)24-2/h4-12H,3H2,1-2H3,(H,21,22,26). The molecule has 1 aromatic heterocycles. The predicted molar refractivity (Wildman–Crippen MR) is 103 cm³/mol. The van der Waals surface area contributed by atoms with Gasteiger partial charge >= 0.3 is 5.97 Å². The zero-order valence-corrected chi connectivity index (χ0v) is 15.3. The number of H-pyrrole nitrogens is 1. The van der Waals surface area contributed by atoms with Crippen molar-refractivity contribution in [3.63, 3.8) is 0 Å². The van der Waals surface area contributed by atoms with E-state index in [1.807, 2.05) is 54.6 Å². The lowest BCUT2D eigenvalue weighted by molar-refractivity contribution is 0.0527. The van der Waals surface area contributed by atoms with Gasteiger partial charge in [0.05, 0.1) is 25.1 Å². The number of hydrogen-bond donors (Lipinski definition) is 1. The lowest BCUT2D eigenvalue weighted by atomic mass is 10.00. The van der Waals surface area contributed by atoms with Gasteiger partial charge in [-0.3, -0.25) is 0 Å². The van der Waals surface area contributed by atoms with Gasteiger partial charge in [0, 0.05) is 5.56 Å². The largest absolute Gasteiger partial charge is 0.497 e. The average Bonchev–Trinajstić information content (AvgIpc) is 2.68. The molecule has 0 aliphatic heterocycles. The van der Waals surface area contributed by atoms with Gasteiger partial charge in [-0.1, -0.05) is 42.5 Å². The van der Waals surface area contributed by atoms with Crippen LogP contribution in [0.4, 0.5) is 0 Å². The molecular formula is C20H18N2O3S. The van der Waals surface area contributed by atoms with E-state index in [0.717, 1.165) is 11.1 Å². The number of carbonyl (C=O) groups excluding carboxylic acids is 1. The van der Waals surface area contributed by atoms with Crippen molar-refractivity contribution in [3.8, 4) is 28.3 Å². The second kappa shape index (κ2) is 7.93. The van der Waals surface area contributed by atoms with Crippen LogP contribution in [0.25, 0.3) is 22.5 Å². The summed E-state index contributed by atoms with van der Waals surface area (Å²) in [5.74, 6) is 0.210. The maximum atomic E-state index is 12.8. The minimum absolute atomic E-state index is 0.264. The highest BCUT2D eigenvalue weighted by Gasteiger charge is 2.22. The number of aromatic nitrogens is 2. The van der Waals surface area contributed by atoms with Gasteiger partial charge in [-0.15, -0.1) is 0 Å². The third-order valence-corrected chi connectivity index (χ3v) is 4.01. The molecule has 0 aliphatic rings. The first kappa shape index (κ1) is 17.8. The number of benzene rings is 2. The van der Waals surface area contributed by atoms with Crippen molar-refractivity contribution < 1.29 is 14.3 Å². The van der Waals surface area contributed by atoms with Crippen LogP contribution in [0, 0.1) is 4.77 Å². The van der Waals surface area contributed by atoms with Crippen LogP contribution < -0.4 is 4.74 Å². The summed E-state index contributed by atoms with van der Waals surface area (Å²) in [6.45, 7) is 2.03. The van der Waals surface area contributed by atoms with Crippen molar-refractivity contribution in [2.45, 2.75) is 6.92 Å². The van der Waals surface area contributed by atoms with Crippen LogP contribution in [-0.4, -0.2) is 29.7 Å². The van der Waals surface area contributed by atoms with E-state index in [1.165, 1.54) is 0 Å². The molecule has 0 amide bonds. The smallest absolute Gasteiger partial charge is 0.342 e. The number of nitrogens with one attached hydrogen (secondary N) is 1. The third kappa shape index (κ3) is 3.65. The second-order valence-corrected chi connectivity index (χ2v) is 5.85. The summed E-state index contributed by atoms with van der Waals surface area (Å²) in [7, 11) is 1.59. The number of esters is 1. The molecule has 0 radical (unpaired) electrons. The molecule has 6 heteroatoms. The van der Waals surface area contributed by atoms with Crippen molar-refractivity contribution in [2.75, 3.05) is 13.7 Å². The Hall–Kier alpha value is -2.99. The fourth-order valence-corrected chi connectivity index (χ4v) is 2.87. The Morgan fingerprint density at radius 3 is 2.54 bits per heavy atom. The Morgan fingerprint density at radius 1 is 1.12 bits per heavy atom. The van der Waals surface area contributed by atoms with Crippen molar-refractivity contribution in [3.05, 3.63) is 64.9 Å². The molecule has 0 spiro atoms. The van der Waals surface area contributed by atoms with Gasteiger partial charge in [0.15, 0.2) is 4.77 Å². The van der Waals surface area contributed by atoms with E-state index in [4.69, 9.17) is 21.7 Å². The number of ether oxygens (including phenoxy) is 2. The van der Waals surface area contributed by atoms with E-state index in [-0.39, 0.29) is 11.4 Å². The van der Waals surface area contributed by atoms with Gasteiger partial charge in [-0.25, -0.2) is 9.78 Å². The Bertz CT molecular complexity index is 984.